The van der Waals surface area contributed by atoms with E-state index in [4.69, 9.17) is 9.26 Å². The van der Waals surface area contributed by atoms with Gasteiger partial charge in [0, 0.05) is 13.6 Å². The lowest BCUT2D eigenvalue weighted by molar-refractivity contribution is -0.137. The fourth-order valence-electron chi connectivity index (χ4n) is 2.98. The van der Waals surface area contributed by atoms with Gasteiger partial charge in [0.1, 0.15) is 18.1 Å². The number of amides is 1. The number of carbonyl (C=O) groups excluding carboxylic acids is 1. The standard InChI is InChI=1S/C22H21F3N2O3/c1-14-19(15(2)30-26-14)13-29-20-7-5-4-6-18(20)21(28)27(3)12-16-8-10-17(11-9-16)22(23,24)25/h4-11H,12-13H2,1-3H3. The summed E-state index contributed by atoms with van der Waals surface area (Å²) in [5, 5.41) is 3.88. The topological polar surface area (TPSA) is 55.6 Å². The number of halogens is 3. The van der Waals surface area contributed by atoms with Crippen molar-refractivity contribution in [1.82, 2.24) is 10.1 Å². The van der Waals surface area contributed by atoms with E-state index in [0.29, 0.717) is 22.6 Å². The number of benzene rings is 2. The maximum Gasteiger partial charge on any atom is 0.416 e. The third-order valence-electron chi connectivity index (χ3n) is 4.72. The predicted molar refractivity (Wildman–Crippen MR) is 104 cm³/mol. The lowest BCUT2D eigenvalue weighted by Gasteiger charge is -2.19. The molecule has 0 aliphatic heterocycles. The highest BCUT2D eigenvalue weighted by Gasteiger charge is 2.30. The Hall–Kier alpha value is -3.29. The second-order valence-electron chi connectivity index (χ2n) is 6.94. The van der Waals surface area contributed by atoms with Crippen LogP contribution in [-0.2, 0) is 19.3 Å². The Morgan fingerprint density at radius 2 is 1.77 bits per heavy atom. The van der Waals surface area contributed by atoms with Gasteiger partial charge in [-0.2, -0.15) is 13.2 Å². The van der Waals surface area contributed by atoms with Crippen LogP contribution in [0.2, 0.25) is 0 Å². The number of aryl methyl sites for hydroxylation is 2. The van der Waals surface area contributed by atoms with Crippen LogP contribution in [0, 0.1) is 13.8 Å². The number of nitrogens with zero attached hydrogens (tertiary/aromatic N) is 2. The molecule has 1 amide bonds. The highest BCUT2D eigenvalue weighted by Crippen LogP contribution is 2.29. The van der Waals surface area contributed by atoms with E-state index in [1.807, 2.05) is 6.92 Å². The first-order valence-corrected chi connectivity index (χ1v) is 9.22. The van der Waals surface area contributed by atoms with Crippen LogP contribution in [0.15, 0.2) is 53.1 Å². The molecule has 3 rings (SSSR count). The van der Waals surface area contributed by atoms with Gasteiger partial charge in [0.2, 0.25) is 0 Å². The first-order valence-electron chi connectivity index (χ1n) is 9.22. The Morgan fingerprint density at radius 1 is 1.10 bits per heavy atom. The first-order chi connectivity index (χ1) is 14.2. The lowest BCUT2D eigenvalue weighted by atomic mass is 10.1. The normalized spacial score (nSPS) is 11.4. The van der Waals surface area contributed by atoms with E-state index >= 15 is 0 Å². The zero-order valence-corrected chi connectivity index (χ0v) is 16.8. The van der Waals surface area contributed by atoms with Gasteiger partial charge in [-0.15, -0.1) is 0 Å². The van der Waals surface area contributed by atoms with Crippen LogP contribution in [0.5, 0.6) is 5.75 Å². The van der Waals surface area contributed by atoms with Crippen LogP contribution < -0.4 is 4.74 Å². The Bertz CT molecular complexity index is 1010. The van der Waals surface area contributed by atoms with E-state index in [0.717, 1.165) is 23.4 Å². The monoisotopic (exact) mass is 418 g/mol. The van der Waals surface area contributed by atoms with E-state index in [9.17, 15) is 18.0 Å². The minimum Gasteiger partial charge on any atom is -0.488 e. The van der Waals surface area contributed by atoms with Crippen LogP contribution >= 0.6 is 0 Å². The summed E-state index contributed by atoms with van der Waals surface area (Å²) in [7, 11) is 1.59. The molecule has 8 heteroatoms. The summed E-state index contributed by atoms with van der Waals surface area (Å²) in [4.78, 5) is 14.4. The highest BCUT2D eigenvalue weighted by molar-refractivity contribution is 5.96. The van der Waals surface area contributed by atoms with Crippen molar-refractivity contribution in [2.24, 2.45) is 0 Å². The molecule has 5 nitrogen and oxygen atoms in total. The van der Waals surface area contributed by atoms with Crippen molar-refractivity contribution < 1.29 is 27.2 Å². The molecule has 0 aliphatic carbocycles. The molecule has 1 heterocycles. The summed E-state index contributed by atoms with van der Waals surface area (Å²) in [6.45, 7) is 3.96. The fraction of sp³-hybridized carbons (Fsp3) is 0.273. The lowest BCUT2D eigenvalue weighted by Crippen LogP contribution is -2.26. The molecule has 0 bridgehead atoms. The molecule has 0 atom stereocenters. The molecule has 0 saturated carbocycles. The molecular formula is C22H21F3N2O3. The molecule has 0 spiro atoms. The van der Waals surface area contributed by atoms with Crippen molar-refractivity contribution in [3.63, 3.8) is 0 Å². The third kappa shape index (κ3) is 4.82. The van der Waals surface area contributed by atoms with Gasteiger partial charge in [-0.1, -0.05) is 29.4 Å². The minimum atomic E-state index is -4.39. The molecule has 0 radical (unpaired) electrons. The van der Waals surface area contributed by atoms with E-state index in [1.165, 1.54) is 17.0 Å². The van der Waals surface area contributed by atoms with Gasteiger partial charge in [-0.3, -0.25) is 4.79 Å². The maximum atomic E-state index is 12.9. The zero-order chi connectivity index (χ0) is 21.9. The molecule has 30 heavy (non-hydrogen) atoms. The van der Waals surface area contributed by atoms with E-state index < -0.39 is 11.7 Å². The minimum absolute atomic E-state index is 0.162. The molecule has 3 aromatic rings. The van der Waals surface area contributed by atoms with Crippen LogP contribution in [0.3, 0.4) is 0 Å². The van der Waals surface area contributed by atoms with E-state index in [1.54, 1.807) is 38.2 Å². The van der Waals surface area contributed by atoms with E-state index in [-0.39, 0.29) is 19.1 Å². The van der Waals surface area contributed by atoms with Crippen LogP contribution in [0.25, 0.3) is 0 Å². The summed E-state index contributed by atoms with van der Waals surface area (Å²) in [5.74, 6) is 0.752. The molecule has 2 aromatic carbocycles. The van der Waals surface area contributed by atoms with E-state index in [2.05, 4.69) is 5.16 Å². The van der Waals surface area contributed by atoms with Gasteiger partial charge >= 0.3 is 6.18 Å². The van der Waals surface area contributed by atoms with Crippen LogP contribution in [-0.4, -0.2) is 23.0 Å². The number of aromatic nitrogens is 1. The summed E-state index contributed by atoms with van der Waals surface area (Å²) in [6, 6.07) is 11.6. The Morgan fingerprint density at radius 3 is 2.37 bits per heavy atom. The maximum absolute atomic E-state index is 12.9. The molecule has 0 N–H and O–H groups in total. The Balaban J connectivity index is 1.71. The molecule has 0 fully saturated rings. The number of hydrogen-bond acceptors (Lipinski definition) is 4. The van der Waals surface area contributed by atoms with Crippen LogP contribution in [0.4, 0.5) is 13.2 Å². The van der Waals surface area contributed by atoms with Gasteiger partial charge in [0.15, 0.2) is 0 Å². The van der Waals surface area contributed by atoms with Crippen molar-refractivity contribution in [3.05, 3.63) is 82.2 Å². The summed E-state index contributed by atoms with van der Waals surface area (Å²) >= 11 is 0. The van der Waals surface area contributed by atoms with Crippen molar-refractivity contribution in [1.29, 1.82) is 0 Å². The van der Waals surface area contributed by atoms with Crippen molar-refractivity contribution in [2.45, 2.75) is 33.2 Å². The number of alkyl halides is 3. The van der Waals surface area contributed by atoms with Crippen molar-refractivity contribution in [3.8, 4) is 5.75 Å². The first kappa shape index (κ1) is 21.4. The number of hydrogen-bond donors (Lipinski definition) is 0. The molecule has 0 unspecified atom stereocenters. The fourth-order valence-corrected chi connectivity index (χ4v) is 2.98. The van der Waals surface area contributed by atoms with Gasteiger partial charge in [0.25, 0.3) is 5.91 Å². The molecule has 0 saturated heterocycles. The van der Waals surface area contributed by atoms with Gasteiger partial charge in [-0.25, -0.2) is 0 Å². The average molecular weight is 418 g/mol. The van der Waals surface area contributed by atoms with Crippen molar-refractivity contribution in [2.75, 3.05) is 7.05 Å². The average Bonchev–Trinajstić information content (AvgIpc) is 3.03. The second-order valence-corrected chi connectivity index (χ2v) is 6.94. The molecular weight excluding hydrogens is 397 g/mol. The number of carbonyl (C=O) groups is 1. The third-order valence-corrected chi connectivity index (χ3v) is 4.72. The van der Waals surface area contributed by atoms with Gasteiger partial charge in [-0.05, 0) is 43.7 Å². The van der Waals surface area contributed by atoms with Gasteiger partial charge in [0.05, 0.1) is 22.4 Å². The van der Waals surface area contributed by atoms with Gasteiger partial charge < -0.3 is 14.2 Å². The smallest absolute Gasteiger partial charge is 0.416 e. The molecule has 0 aliphatic rings. The highest BCUT2D eigenvalue weighted by atomic mass is 19.4. The SMILES string of the molecule is Cc1noc(C)c1COc1ccccc1C(=O)N(C)Cc1ccc(C(F)(F)F)cc1. The summed E-state index contributed by atoms with van der Waals surface area (Å²) in [5.41, 5.74) is 1.76. The predicted octanol–water partition coefficient (Wildman–Crippen LogP) is 5.16. The van der Waals surface area contributed by atoms with Crippen LogP contribution in [0.1, 0.15) is 38.5 Å². The quantitative estimate of drug-likeness (QED) is 0.555. The number of rotatable bonds is 6. The summed E-state index contributed by atoms with van der Waals surface area (Å²) < 4.78 is 49.1. The summed E-state index contributed by atoms with van der Waals surface area (Å²) in [6.07, 6.45) is -4.39. The molecule has 158 valence electrons. The second kappa shape index (κ2) is 8.61. The Labute approximate surface area is 172 Å². The largest absolute Gasteiger partial charge is 0.488 e. The van der Waals surface area contributed by atoms with Crippen molar-refractivity contribution >= 4 is 5.91 Å². The zero-order valence-electron chi connectivity index (χ0n) is 16.8. The number of ether oxygens (including phenoxy) is 1. The number of para-hydroxylation sites is 1. The Kier molecular flexibility index (Phi) is 6.14. The molecule has 1 aromatic heterocycles.